The first-order valence-corrected chi connectivity index (χ1v) is 3.87. The van der Waals surface area contributed by atoms with Crippen molar-refractivity contribution < 1.29 is 5.11 Å². The summed E-state index contributed by atoms with van der Waals surface area (Å²) in [6.45, 7) is 0. The summed E-state index contributed by atoms with van der Waals surface area (Å²) in [5, 5.41) is 26.4. The van der Waals surface area contributed by atoms with Crippen LogP contribution in [0.25, 0.3) is 0 Å². The van der Waals surface area contributed by atoms with Gasteiger partial charge in [0.25, 0.3) is 0 Å². The first-order valence-electron chi connectivity index (χ1n) is 3.87. The van der Waals surface area contributed by atoms with Crippen molar-refractivity contribution in [1.29, 1.82) is 10.5 Å². The maximum atomic E-state index is 9.48. The molecule has 0 heterocycles. The summed E-state index contributed by atoms with van der Waals surface area (Å²) in [4.78, 5) is 0. The van der Waals surface area contributed by atoms with Crippen LogP contribution in [-0.2, 0) is 6.42 Å². The van der Waals surface area contributed by atoms with Crippen molar-refractivity contribution in [1.82, 2.24) is 0 Å². The molecule has 64 valence electrons. The molecule has 0 amide bonds. The average Bonchev–Trinajstić information content (AvgIpc) is 2.16. The maximum absolute atomic E-state index is 9.48. The molecule has 0 saturated carbocycles. The molecule has 0 unspecified atom stereocenters. The van der Waals surface area contributed by atoms with E-state index in [1.165, 1.54) is 0 Å². The third kappa shape index (κ3) is 1.98. The van der Waals surface area contributed by atoms with E-state index in [-0.39, 0.29) is 11.3 Å². The number of nitriles is 2. The summed E-state index contributed by atoms with van der Waals surface area (Å²) in [5.41, 5.74) is 0.913. The Hall–Kier alpha value is -2.00. The zero-order chi connectivity index (χ0) is 9.68. The number of nitrogens with zero attached hydrogens (tertiary/aromatic N) is 2. The van der Waals surface area contributed by atoms with Gasteiger partial charge in [0.1, 0.15) is 11.8 Å². The Labute approximate surface area is 76.5 Å². The normalized spacial score (nSPS) is 8.77. The molecular weight excluding hydrogens is 164 g/mol. The highest BCUT2D eigenvalue weighted by Gasteiger charge is 2.04. The molecule has 3 heteroatoms. The average molecular weight is 172 g/mol. The molecule has 0 aliphatic heterocycles. The van der Waals surface area contributed by atoms with Crippen LogP contribution in [0.5, 0.6) is 5.75 Å². The number of benzene rings is 1. The topological polar surface area (TPSA) is 67.8 Å². The van der Waals surface area contributed by atoms with Gasteiger partial charge in [0.2, 0.25) is 0 Å². The van der Waals surface area contributed by atoms with Gasteiger partial charge >= 0.3 is 0 Å². The van der Waals surface area contributed by atoms with Gasteiger partial charge in [0.05, 0.1) is 11.6 Å². The van der Waals surface area contributed by atoms with Crippen LogP contribution in [-0.4, -0.2) is 5.11 Å². The smallest absolute Gasteiger partial charge is 0.136 e. The number of phenolic OH excluding ortho intramolecular Hbond substituents is 1. The molecule has 1 N–H and O–H groups in total. The Morgan fingerprint density at radius 1 is 1.31 bits per heavy atom. The van der Waals surface area contributed by atoms with Crippen LogP contribution < -0.4 is 0 Å². The molecule has 0 atom stereocenters. The molecule has 0 spiro atoms. The van der Waals surface area contributed by atoms with Crippen molar-refractivity contribution >= 4 is 0 Å². The van der Waals surface area contributed by atoms with Gasteiger partial charge < -0.3 is 5.11 Å². The number of para-hydroxylation sites is 1. The van der Waals surface area contributed by atoms with Crippen molar-refractivity contribution in [2.24, 2.45) is 0 Å². The van der Waals surface area contributed by atoms with Crippen molar-refractivity contribution in [3.05, 3.63) is 29.3 Å². The van der Waals surface area contributed by atoms with Gasteiger partial charge in [-0.05, 0) is 18.1 Å². The zero-order valence-electron chi connectivity index (χ0n) is 6.99. The number of hydrogen-bond acceptors (Lipinski definition) is 3. The molecule has 0 saturated heterocycles. The van der Waals surface area contributed by atoms with Crippen LogP contribution in [0.2, 0.25) is 0 Å². The quantitative estimate of drug-likeness (QED) is 0.738. The number of aryl methyl sites for hydroxylation is 1. The van der Waals surface area contributed by atoms with Crippen LogP contribution in [0, 0.1) is 22.7 Å². The van der Waals surface area contributed by atoms with Gasteiger partial charge in [0.15, 0.2) is 0 Å². The van der Waals surface area contributed by atoms with Crippen LogP contribution in [0.15, 0.2) is 18.2 Å². The Morgan fingerprint density at radius 2 is 2.08 bits per heavy atom. The minimum Gasteiger partial charge on any atom is -0.506 e. The fourth-order valence-corrected chi connectivity index (χ4v) is 1.07. The van der Waals surface area contributed by atoms with Crippen LogP contribution >= 0.6 is 0 Å². The lowest BCUT2D eigenvalue weighted by atomic mass is 10.1. The number of hydrogen-bond donors (Lipinski definition) is 1. The second-order valence-electron chi connectivity index (χ2n) is 2.58. The van der Waals surface area contributed by atoms with E-state index in [0.717, 1.165) is 0 Å². The first-order chi connectivity index (χ1) is 6.29. The number of phenols is 1. The van der Waals surface area contributed by atoms with Crippen LogP contribution in [0.3, 0.4) is 0 Å². The molecule has 0 aliphatic rings. The molecule has 1 rings (SSSR count). The van der Waals surface area contributed by atoms with Gasteiger partial charge in [-0.2, -0.15) is 10.5 Å². The minimum atomic E-state index is 0.000231. The third-order valence-electron chi connectivity index (χ3n) is 1.75. The second-order valence-corrected chi connectivity index (χ2v) is 2.58. The highest BCUT2D eigenvalue weighted by molar-refractivity contribution is 5.47. The fourth-order valence-electron chi connectivity index (χ4n) is 1.07. The van der Waals surface area contributed by atoms with E-state index >= 15 is 0 Å². The SMILES string of the molecule is N#CCCc1cccc(C#N)c1O. The summed E-state index contributed by atoms with van der Waals surface area (Å²) >= 11 is 0. The van der Waals surface area contributed by atoms with Gasteiger partial charge in [-0.1, -0.05) is 12.1 Å². The molecular formula is C10H8N2O. The van der Waals surface area contributed by atoms with Crippen LogP contribution in [0.1, 0.15) is 17.5 Å². The van der Waals surface area contributed by atoms with E-state index in [1.54, 1.807) is 18.2 Å². The molecule has 13 heavy (non-hydrogen) atoms. The predicted octanol–water partition coefficient (Wildman–Crippen LogP) is 1.72. The molecule has 0 bridgehead atoms. The van der Waals surface area contributed by atoms with E-state index in [1.807, 2.05) is 12.1 Å². The van der Waals surface area contributed by atoms with Gasteiger partial charge in [-0.25, -0.2) is 0 Å². The predicted molar refractivity (Wildman–Crippen MR) is 46.8 cm³/mol. The summed E-state index contributed by atoms with van der Waals surface area (Å²) in [5.74, 6) is 0.000231. The number of aromatic hydroxyl groups is 1. The van der Waals surface area contributed by atoms with E-state index in [4.69, 9.17) is 10.5 Å². The maximum Gasteiger partial charge on any atom is 0.136 e. The summed E-state index contributed by atoms with van der Waals surface area (Å²) in [6.07, 6.45) is 0.834. The molecule has 0 fully saturated rings. The monoisotopic (exact) mass is 172 g/mol. The van der Waals surface area contributed by atoms with Gasteiger partial charge in [-0.15, -0.1) is 0 Å². The van der Waals surface area contributed by atoms with Crippen LogP contribution in [0.4, 0.5) is 0 Å². The first kappa shape index (κ1) is 9.09. The van der Waals surface area contributed by atoms with Crippen molar-refractivity contribution in [2.45, 2.75) is 12.8 Å². The van der Waals surface area contributed by atoms with E-state index in [9.17, 15) is 5.11 Å². The Bertz CT molecular complexity index is 385. The summed E-state index contributed by atoms with van der Waals surface area (Å²) < 4.78 is 0. The molecule has 0 aliphatic carbocycles. The van der Waals surface area contributed by atoms with Crippen molar-refractivity contribution in [3.63, 3.8) is 0 Å². The van der Waals surface area contributed by atoms with Gasteiger partial charge in [-0.3, -0.25) is 0 Å². The Kier molecular flexibility index (Phi) is 2.89. The minimum absolute atomic E-state index is 0.000231. The Morgan fingerprint density at radius 3 is 2.69 bits per heavy atom. The lowest BCUT2D eigenvalue weighted by molar-refractivity contribution is 0.466. The van der Waals surface area contributed by atoms with E-state index in [2.05, 4.69) is 0 Å². The van der Waals surface area contributed by atoms with Gasteiger partial charge in [0, 0.05) is 6.42 Å². The molecule has 1 aromatic rings. The highest BCUT2D eigenvalue weighted by Crippen LogP contribution is 2.22. The lowest BCUT2D eigenvalue weighted by Gasteiger charge is -2.02. The molecule has 0 radical (unpaired) electrons. The third-order valence-corrected chi connectivity index (χ3v) is 1.75. The van der Waals surface area contributed by atoms with E-state index in [0.29, 0.717) is 18.4 Å². The zero-order valence-corrected chi connectivity index (χ0v) is 6.99. The molecule has 0 aromatic heterocycles. The summed E-state index contributed by atoms with van der Waals surface area (Å²) in [7, 11) is 0. The lowest BCUT2D eigenvalue weighted by Crippen LogP contribution is -1.87. The number of rotatable bonds is 2. The van der Waals surface area contributed by atoms with E-state index < -0.39 is 0 Å². The largest absolute Gasteiger partial charge is 0.506 e. The second kappa shape index (κ2) is 4.13. The highest BCUT2D eigenvalue weighted by atomic mass is 16.3. The summed E-state index contributed by atoms with van der Waals surface area (Å²) in [6, 6.07) is 8.83. The standard InChI is InChI=1S/C10H8N2O/c11-6-2-5-8-3-1-4-9(7-12)10(8)13/h1,3-4,13H,2,5H2. The van der Waals surface area contributed by atoms with Crippen molar-refractivity contribution in [3.8, 4) is 17.9 Å². The molecule has 1 aromatic carbocycles. The Balaban J connectivity index is 2.98. The van der Waals surface area contributed by atoms with Crippen molar-refractivity contribution in [2.75, 3.05) is 0 Å². The molecule has 3 nitrogen and oxygen atoms in total. The fraction of sp³-hybridized carbons (Fsp3) is 0.200.